The van der Waals surface area contributed by atoms with Crippen LogP contribution in [0.5, 0.6) is 0 Å². The van der Waals surface area contributed by atoms with Crippen molar-refractivity contribution in [2.75, 3.05) is 38.7 Å². The number of hydrogen-bond donors (Lipinski definition) is 1. The van der Waals surface area contributed by atoms with Gasteiger partial charge in [0.1, 0.15) is 18.0 Å². The molecule has 0 saturated carbocycles. The molecule has 1 fully saturated rings. The molecule has 1 atom stereocenters. The lowest BCUT2D eigenvalue weighted by atomic mass is 10.1. The molecule has 1 aliphatic rings. The molecule has 0 aliphatic carbocycles. The highest BCUT2D eigenvalue weighted by molar-refractivity contribution is 5.75. The Morgan fingerprint density at radius 3 is 3.00 bits per heavy atom. The van der Waals surface area contributed by atoms with Gasteiger partial charge >= 0.3 is 0 Å². The molecule has 4 rings (SSSR count). The Balaban J connectivity index is 1.33. The number of imidazole rings is 1. The number of rotatable bonds is 8. The van der Waals surface area contributed by atoms with E-state index in [1.165, 1.54) is 5.52 Å². The molecule has 148 valence electrons. The van der Waals surface area contributed by atoms with Gasteiger partial charge in [-0.2, -0.15) is 0 Å². The number of hydrogen-bond acceptors (Lipinski definition) is 6. The summed E-state index contributed by atoms with van der Waals surface area (Å²) >= 11 is 0. The van der Waals surface area contributed by atoms with Gasteiger partial charge in [0.05, 0.1) is 29.9 Å². The summed E-state index contributed by atoms with van der Waals surface area (Å²) in [5.41, 5.74) is 3.34. The number of para-hydroxylation sites is 2. The lowest BCUT2D eigenvalue weighted by Gasteiger charge is -2.18. The van der Waals surface area contributed by atoms with Crippen LogP contribution in [0, 0.1) is 0 Å². The Labute approximate surface area is 165 Å². The zero-order chi connectivity index (χ0) is 19.3. The summed E-state index contributed by atoms with van der Waals surface area (Å²) in [7, 11) is 2.13. The number of likely N-dealkylation sites (N-methyl/N-ethyl adjacent to an activating group) is 1. The van der Waals surface area contributed by atoms with Gasteiger partial charge in [-0.05, 0) is 32.5 Å². The first-order valence-corrected chi connectivity index (χ1v) is 10.0. The molecule has 0 unspecified atom stereocenters. The van der Waals surface area contributed by atoms with Gasteiger partial charge in [0.25, 0.3) is 0 Å². The van der Waals surface area contributed by atoms with Crippen LogP contribution < -0.4 is 5.32 Å². The van der Waals surface area contributed by atoms with E-state index in [2.05, 4.69) is 63.0 Å². The number of ether oxygens (including phenoxy) is 1. The molecule has 1 saturated heterocycles. The Hall–Kier alpha value is -2.51. The molecule has 0 amide bonds. The first-order valence-electron chi connectivity index (χ1n) is 10.0. The van der Waals surface area contributed by atoms with Gasteiger partial charge in [-0.15, -0.1) is 0 Å². The molecule has 7 nitrogen and oxygen atoms in total. The summed E-state index contributed by atoms with van der Waals surface area (Å²) in [4.78, 5) is 15.9. The maximum Gasteiger partial charge on any atom is 0.129 e. The predicted octanol–water partition coefficient (Wildman–Crippen LogP) is 2.89. The number of fused-ring (bicyclic) bond motifs is 1. The highest BCUT2D eigenvalue weighted by Crippen LogP contribution is 2.24. The van der Waals surface area contributed by atoms with E-state index in [0.29, 0.717) is 5.92 Å². The third-order valence-electron chi connectivity index (χ3n) is 5.30. The van der Waals surface area contributed by atoms with Crippen LogP contribution in [0.3, 0.4) is 0 Å². The molecule has 1 aromatic carbocycles. The quantitative estimate of drug-likeness (QED) is 0.648. The number of aryl methyl sites for hydroxylation is 1. The Morgan fingerprint density at radius 2 is 2.18 bits per heavy atom. The molecule has 0 bridgehead atoms. The maximum atomic E-state index is 5.47. The van der Waals surface area contributed by atoms with Crippen molar-refractivity contribution in [2.24, 2.45) is 0 Å². The summed E-state index contributed by atoms with van der Waals surface area (Å²) in [5, 5.41) is 3.42. The van der Waals surface area contributed by atoms with Crippen molar-refractivity contribution in [3.63, 3.8) is 0 Å². The summed E-state index contributed by atoms with van der Waals surface area (Å²) < 4.78 is 7.76. The van der Waals surface area contributed by atoms with Crippen LogP contribution in [0.1, 0.15) is 30.8 Å². The van der Waals surface area contributed by atoms with E-state index in [1.54, 1.807) is 6.33 Å². The summed E-state index contributed by atoms with van der Waals surface area (Å²) in [5.74, 6) is 2.39. The van der Waals surface area contributed by atoms with Crippen LogP contribution in [-0.4, -0.2) is 57.8 Å². The number of nitrogens with zero attached hydrogens (tertiary/aromatic N) is 5. The minimum absolute atomic E-state index is 0.397. The summed E-state index contributed by atoms with van der Waals surface area (Å²) in [6.07, 6.45) is 2.68. The maximum absolute atomic E-state index is 5.47. The number of nitrogens with one attached hydrogen (secondary N) is 1. The van der Waals surface area contributed by atoms with E-state index in [-0.39, 0.29) is 0 Å². The van der Waals surface area contributed by atoms with Gasteiger partial charge in [-0.1, -0.05) is 12.1 Å². The van der Waals surface area contributed by atoms with Gasteiger partial charge in [0, 0.05) is 38.2 Å². The Kier molecular flexibility index (Phi) is 5.83. The van der Waals surface area contributed by atoms with Gasteiger partial charge in [-0.3, -0.25) is 4.90 Å². The topological polar surface area (TPSA) is 68.1 Å². The Morgan fingerprint density at radius 1 is 1.29 bits per heavy atom. The first kappa shape index (κ1) is 18.8. The smallest absolute Gasteiger partial charge is 0.129 e. The van der Waals surface area contributed by atoms with Crippen molar-refractivity contribution in [3.05, 3.63) is 48.2 Å². The van der Waals surface area contributed by atoms with Crippen molar-refractivity contribution in [2.45, 2.75) is 32.4 Å². The molecular formula is C21H28N6O. The lowest BCUT2D eigenvalue weighted by molar-refractivity contribution is 0.193. The molecule has 1 aliphatic heterocycles. The lowest BCUT2D eigenvalue weighted by Crippen LogP contribution is -2.26. The zero-order valence-electron chi connectivity index (χ0n) is 16.6. The normalized spacial score (nSPS) is 16.9. The van der Waals surface area contributed by atoms with Crippen LogP contribution in [0.2, 0.25) is 0 Å². The van der Waals surface area contributed by atoms with Crippen molar-refractivity contribution >= 4 is 16.9 Å². The number of anilines is 1. The van der Waals surface area contributed by atoms with Gasteiger partial charge in [0.15, 0.2) is 0 Å². The average Bonchev–Trinajstić information content (AvgIpc) is 3.36. The second-order valence-electron chi connectivity index (χ2n) is 7.31. The fourth-order valence-electron chi connectivity index (χ4n) is 3.75. The van der Waals surface area contributed by atoms with E-state index < -0.39 is 0 Å². The standard InChI is InChI=1S/C21H28N6O/c1-3-27-19-7-5-4-6-17(19)25-21(27)13-26(2)10-9-22-20-12-18(23-15-24-20)16-8-11-28-14-16/h4-7,12,15-16H,3,8-11,13-14H2,1-2H3,(H,22,23,24)/t16-/m1/s1. The highest BCUT2D eigenvalue weighted by atomic mass is 16.5. The Bertz CT molecular complexity index is 918. The largest absolute Gasteiger partial charge is 0.381 e. The molecule has 28 heavy (non-hydrogen) atoms. The van der Waals surface area contributed by atoms with Crippen LogP contribution in [-0.2, 0) is 17.8 Å². The third-order valence-corrected chi connectivity index (χ3v) is 5.30. The molecule has 3 aromatic rings. The van der Waals surface area contributed by atoms with Crippen molar-refractivity contribution in [1.29, 1.82) is 0 Å². The molecule has 3 heterocycles. The number of aromatic nitrogens is 4. The number of benzene rings is 1. The van der Waals surface area contributed by atoms with Crippen LogP contribution >= 0.6 is 0 Å². The van der Waals surface area contributed by atoms with Gasteiger partial charge in [0.2, 0.25) is 0 Å². The monoisotopic (exact) mass is 380 g/mol. The van der Waals surface area contributed by atoms with Crippen LogP contribution in [0.4, 0.5) is 5.82 Å². The minimum atomic E-state index is 0.397. The zero-order valence-corrected chi connectivity index (χ0v) is 16.6. The van der Waals surface area contributed by atoms with E-state index in [4.69, 9.17) is 9.72 Å². The summed E-state index contributed by atoms with van der Waals surface area (Å²) in [6.45, 7) is 7.22. The van der Waals surface area contributed by atoms with Crippen molar-refractivity contribution in [1.82, 2.24) is 24.4 Å². The second-order valence-corrected chi connectivity index (χ2v) is 7.31. The van der Waals surface area contributed by atoms with Gasteiger partial charge < -0.3 is 14.6 Å². The van der Waals surface area contributed by atoms with E-state index in [0.717, 1.165) is 68.7 Å². The van der Waals surface area contributed by atoms with E-state index in [9.17, 15) is 0 Å². The highest BCUT2D eigenvalue weighted by Gasteiger charge is 2.19. The van der Waals surface area contributed by atoms with Gasteiger partial charge in [-0.25, -0.2) is 15.0 Å². The second kappa shape index (κ2) is 8.67. The third kappa shape index (κ3) is 4.15. The average molecular weight is 380 g/mol. The SMILES string of the molecule is CCn1c(CN(C)CCNc2cc([C@@H]3CCOC3)ncn2)nc2ccccc21. The molecule has 7 heteroatoms. The van der Waals surface area contributed by atoms with E-state index >= 15 is 0 Å². The van der Waals surface area contributed by atoms with Crippen LogP contribution in [0.25, 0.3) is 11.0 Å². The minimum Gasteiger partial charge on any atom is -0.381 e. The molecule has 2 aromatic heterocycles. The fourth-order valence-corrected chi connectivity index (χ4v) is 3.75. The van der Waals surface area contributed by atoms with Crippen LogP contribution in [0.15, 0.2) is 36.7 Å². The summed E-state index contributed by atoms with van der Waals surface area (Å²) in [6, 6.07) is 10.4. The molecular weight excluding hydrogens is 352 g/mol. The fraction of sp³-hybridized carbons (Fsp3) is 0.476. The molecule has 0 radical (unpaired) electrons. The molecule has 0 spiro atoms. The molecule has 1 N–H and O–H groups in total. The van der Waals surface area contributed by atoms with Crippen molar-refractivity contribution < 1.29 is 4.74 Å². The van der Waals surface area contributed by atoms with E-state index in [1.807, 2.05) is 6.07 Å². The van der Waals surface area contributed by atoms with Crippen molar-refractivity contribution in [3.8, 4) is 0 Å². The first-order chi connectivity index (χ1) is 13.7. The predicted molar refractivity (Wildman–Crippen MR) is 110 cm³/mol.